The average Bonchev–Trinajstić information content (AvgIpc) is 3.24. The third kappa shape index (κ3) is 4.93. The molecule has 0 saturated carbocycles. The van der Waals surface area contributed by atoms with Crippen molar-refractivity contribution in [3.05, 3.63) is 48.0 Å². The number of fused-ring (bicyclic) bond motifs is 2. The Morgan fingerprint density at radius 2 is 2.00 bits per heavy atom. The Morgan fingerprint density at radius 1 is 1.23 bits per heavy atom. The summed E-state index contributed by atoms with van der Waals surface area (Å²) in [5, 5.41) is 22.6. The van der Waals surface area contributed by atoms with E-state index in [1.807, 2.05) is 30.3 Å². The van der Waals surface area contributed by atoms with Gasteiger partial charge in [-0.1, -0.05) is 42.5 Å². The van der Waals surface area contributed by atoms with E-state index in [9.17, 15) is 9.90 Å². The summed E-state index contributed by atoms with van der Waals surface area (Å²) in [6.45, 7) is 0.528. The van der Waals surface area contributed by atoms with E-state index in [-0.39, 0.29) is 18.6 Å². The van der Waals surface area contributed by atoms with E-state index in [4.69, 9.17) is 9.84 Å². The van der Waals surface area contributed by atoms with Crippen LogP contribution in [0.5, 0.6) is 0 Å². The molecule has 5 heteroatoms. The van der Waals surface area contributed by atoms with Gasteiger partial charge >= 0.3 is 5.97 Å². The zero-order valence-corrected chi connectivity index (χ0v) is 15.1. The molecular weight excluding hydrogens is 330 g/mol. The van der Waals surface area contributed by atoms with E-state index in [2.05, 4.69) is 17.5 Å². The number of unbranched alkanes of at least 4 members (excludes halogenated alkanes) is 1. The van der Waals surface area contributed by atoms with Gasteiger partial charge in [-0.3, -0.25) is 4.79 Å². The van der Waals surface area contributed by atoms with Gasteiger partial charge in [0.2, 0.25) is 0 Å². The number of hydrogen-bond donors (Lipinski definition) is 3. The number of ether oxygens (including phenoxy) is 1. The van der Waals surface area contributed by atoms with Crippen molar-refractivity contribution in [2.75, 3.05) is 6.54 Å². The first-order valence-corrected chi connectivity index (χ1v) is 9.64. The van der Waals surface area contributed by atoms with Crippen LogP contribution in [0, 0.1) is 5.92 Å². The highest BCUT2D eigenvalue weighted by molar-refractivity contribution is 5.66. The molecule has 0 radical (unpaired) electrons. The fourth-order valence-electron chi connectivity index (χ4n) is 4.14. The van der Waals surface area contributed by atoms with Crippen molar-refractivity contribution in [3.63, 3.8) is 0 Å². The summed E-state index contributed by atoms with van der Waals surface area (Å²) in [7, 11) is 0. The molecule has 5 nitrogen and oxygen atoms in total. The predicted octanol–water partition coefficient (Wildman–Crippen LogP) is 3.06. The summed E-state index contributed by atoms with van der Waals surface area (Å²) >= 11 is 0. The van der Waals surface area contributed by atoms with Gasteiger partial charge in [0.05, 0.1) is 18.3 Å². The summed E-state index contributed by atoms with van der Waals surface area (Å²) < 4.78 is 6.09. The number of aliphatic hydroxyl groups excluding tert-OH is 1. The lowest BCUT2D eigenvalue weighted by molar-refractivity contribution is -0.137. The number of aliphatic carboxylic acids is 1. The van der Waals surface area contributed by atoms with Gasteiger partial charge in [0.1, 0.15) is 0 Å². The Balaban J connectivity index is 1.47. The molecule has 0 amide bonds. The van der Waals surface area contributed by atoms with Crippen LogP contribution in [0.25, 0.3) is 0 Å². The molecule has 2 aliphatic rings. The maximum absolute atomic E-state index is 10.5. The van der Waals surface area contributed by atoms with Gasteiger partial charge in [-0.05, 0) is 37.7 Å². The molecule has 1 unspecified atom stereocenters. The quantitative estimate of drug-likeness (QED) is 0.442. The summed E-state index contributed by atoms with van der Waals surface area (Å²) in [5.74, 6) is -0.311. The molecule has 26 heavy (non-hydrogen) atoms. The molecule has 3 rings (SSSR count). The van der Waals surface area contributed by atoms with Gasteiger partial charge in [0, 0.05) is 24.9 Å². The van der Waals surface area contributed by atoms with Gasteiger partial charge < -0.3 is 20.3 Å². The second-order valence-electron chi connectivity index (χ2n) is 7.31. The first kappa shape index (κ1) is 19.1. The lowest BCUT2D eigenvalue weighted by atomic mass is 9.82. The van der Waals surface area contributed by atoms with Gasteiger partial charge in [-0.25, -0.2) is 0 Å². The van der Waals surface area contributed by atoms with Crippen molar-refractivity contribution in [2.24, 2.45) is 5.92 Å². The molecule has 1 aromatic rings. The Morgan fingerprint density at radius 3 is 2.77 bits per heavy atom. The van der Waals surface area contributed by atoms with Crippen LogP contribution in [0.4, 0.5) is 0 Å². The van der Waals surface area contributed by atoms with Crippen LogP contribution >= 0.6 is 0 Å². The zero-order chi connectivity index (χ0) is 18.4. The molecule has 3 N–H and O–H groups in total. The van der Waals surface area contributed by atoms with Crippen LogP contribution < -0.4 is 5.32 Å². The van der Waals surface area contributed by atoms with Crippen LogP contribution in [-0.4, -0.2) is 41.0 Å². The van der Waals surface area contributed by atoms with E-state index in [0.717, 1.165) is 31.2 Å². The fourth-order valence-corrected chi connectivity index (χ4v) is 4.14. The lowest BCUT2D eigenvalue weighted by Gasteiger charge is -2.29. The third-order valence-electron chi connectivity index (χ3n) is 5.49. The minimum Gasteiger partial charge on any atom is -0.481 e. The van der Waals surface area contributed by atoms with Crippen molar-refractivity contribution in [1.29, 1.82) is 0 Å². The molecule has 2 heterocycles. The maximum atomic E-state index is 10.5. The molecule has 2 aliphatic heterocycles. The standard InChI is InChI=1S/C21H29NO4/c23-17(15-8-4-3-5-9-15)14-22-21-16(18-12-13-19(21)26-18)10-6-1-2-7-11-20(24)25/h1,3-6,8-9,16-19,21-23H,2,7,10-14H2,(H,24,25)/b6-1-/t16-,17?,18+,19-,21-/m0/s1. The second kappa shape index (κ2) is 9.31. The van der Waals surface area contributed by atoms with Gasteiger partial charge in [0.15, 0.2) is 0 Å². The highest BCUT2D eigenvalue weighted by Gasteiger charge is 2.47. The van der Waals surface area contributed by atoms with Crippen LogP contribution in [0.3, 0.4) is 0 Å². The molecule has 0 aromatic heterocycles. The topological polar surface area (TPSA) is 78.8 Å². The number of nitrogens with one attached hydrogen (secondary N) is 1. The molecule has 2 fully saturated rings. The first-order chi connectivity index (χ1) is 12.6. The molecular formula is C21H29NO4. The fraction of sp³-hybridized carbons (Fsp3) is 0.571. The molecule has 2 bridgehead atoms. The van der Waals surface area contributed by atoms with E-state index in [1.54, 1.807) is 0 Å². The molecule has 1 aromatic carbocycles. The van der Waals surface area contributed by atoms with Gasteiger partial charge in [0.25, 0.3) is 0 Å². The number of benzene rings is 1. The highest BCUT2D eigenvalue weighted by Crippen LogP contribution is 2.41. The second-order valence-corrected chi connectivity index (χ2v) is 7.31. The Kier molecular flexibility index (Phi) is 6.83. The van der Waals surface area contributed by atoms with Crippen LogP contribution in [-0.2, 0) is 9.53 Å². The minimum atomic E-state index is -0.735. The number of allylic oxidation sites excluding steroid dienone is 2. The van der Waals surface area contributed by atoms with Crippen LogP contribution in [0.1, 0.15) is 50.2 Å². The third-order valence-corrected chi connectivity index (χ3v) is 5.49. The highest BCUT2D eigenvalue weighted by atomic mass is 16.5. The summed E-state index contributed by atoms with van der Waals surface area (Å²) in [6, 6.07) is 10.00. The number of carbonyl (C=O) groups is 1. The Bertz CT molecular complexity index is 603. The normalized spacial score (nSPS) is 28.7. The lowest BCUT2D eigenvalue weighted by Crippen LogP contribution is -2.45. The molecule has 2 saturated heterocycles. The molecule has 0 spiro atoms. The first-order valence-electron chi connectivity index (χ1n) is 9.64. The Hall–Kier alpha value is -1.69. The van der Waals surface area contributed by atoms with Crippen molar-refractivity contribution >= 4 is 5.97 Å². The van der Waals surface area contributed by atoms with Crippen molar-refractivity contribution in [3.8, 4) is 0 Å². The van der Waals surface area contributed by atoms with Crippen molar-refractivity contribution in [1.82, 2.24) is 5.32 Å². The summed E-state index contributed by atoms with van der Waals surface area (Å²) in [6.07, 6.45) is 9.14. The van der Waals surface area contributed by atoms with E-state index < -0.39 is 12.1 Å². The van der Waals surface area contributed by atoms with Crippen molar-refractivity contribution in [2.45, 2.75) is 62.9 Å². The molecule has 142 valence electrons. The SMILES string of the molecule is O=C(O)CCC/C=C\C[C@@H]1[C@H](NCC(O)c2ccccc2)[C@@H]2CC[C@H]1O2. The number of carboxylic acids is 1. The molecule has 5 atom stereocenters. The van der Waals surface area contributed by atoms with E-state index >= 15 is 0 Å². The number of carboxylic acid groups (broad SMARTS) is 1. The predicted molar refractivity (Wildman–Crippen MR) is 99.8 cm³/mol. The van der Waals surface area contributed by atoms with Crippen LogP contribution in [0.2, 0.25) is 0 Å². The van der Waals surface area contributed by atoms with Gasteiger partial charge in [-0.15, -0.1) is 0 Å². The van der Waals surface area contributed by atoms with E-state index in [1.165, 1.54) is 0 Å². The summed E-state index contributed by atoms with van der Waals surface area (Å²) in [4.78, 5) is 10.5. The smallest absolute Gasteiger partial charge is 0.303 e. The number of hydrogen-bond acceptors (Lipinski definition) is 4. The van der Waals surface area contributed by atoms with Gasteiger partial charge in [-0.2, -0.15) is 0 Å². The average molecular weight is 359 g/mol. The van der Waals surface area contributed by atoms with Crippen molar-refractivity contribution < 1.29 is 19.7 Å². The van der Waals surface area contributed by atoms with Crippen LogP contribution in [0.15, 0.2) is 42.5 Å². The van der Waals surface area contributed by atoms with E-state index in [0.29, 0.717) is 25.0 Å². The largest absolute Gasteiger partial charge is 0.481 e. The maximum Gasteiger partial charge on any atom is 0.303 e. The monoisotopic (exact) mass is 359 g/mol. The zero-order valence-electron chi connectivity index (χ0n) is 15.1. The minimum absolute atomic E-state index is 0.225. The Labute approximate surface area is 155 Å². The molecule has 0 aliphatic carbocycles. The number of rotatable bonds is 10. The number of aliphatic hydroxyl groups is 1. The summed E-state index contributed by atoms with van der Waals surface area (Å²) in [5.41, 5.74) is 0.930.